The summed E-state index contributed by atoms with van der Waals surface area (Å²) in [5.74, 6) is 0.237. The van der Waals surface area contributed by atoms with Crippen molar-refractivity contribution in [3.05, 3.63) is 96.8 Å². The molecular formula is C60H72F2N20O3. The first-order chi connectivity index (χ1) is 41.5. The molecule has 12 rings (SSSR count). The normalized spacial score (nSPS) is 18.6. The number of carbonyl (C=O) groups is 2. The van der Waals surface area contributed by atoms with Crippen LogP contribution in [0.5, 0.6) is 0 Å². The van der Waals surface area contributed by atoms with Crippen molar-refractivity contribution in [2.45, 2.75) is 70.0 Å². The fourth-order valence-corrected chi connectivity index (χ4v) is 11.9. The van der Waals surface area contributed by atoms with E-state index in [0.29, 0.717) is 101 Å². The van der Waals surface area contributed by atoms with Gasteiger partial charge in [0, 0.05) is 135 Å². The number of hydrogen-bond acceptors (Lipinski definition) is 19. The molecule has 7 aromatic heterocycles. The molecular weight excluding hydrogens is 1090 g/mol. The van der Waals surface area contributed by atoms with Gasteiger partial charge in [0.15, 0.2) is 34.9 Å². The quantitative estimate of drug-likeness (QED) is 0.124. The molecule has 0 aromatic carbocycles. The van der Waals surface area contributed by atoms with Gasteiger partial charge in [0.25, 0.3) is 0 Å². The molecule has 7 aromatic rings. The van der Waals surface area contributed by atoms with Crippen LogP contribution < -0.4 is 24.9 Å². The molecule has 5 fully saturated rings. The number of ether oxygens (including phenoxy) is 1. The third-order valence-electron chi connectivity index (χ3n) is 16.4. The molecule has 0 bridgehead atoms. The smallest absolute Gasteiger partial charge is 0.236 e. The number of morpholine rings is 1. The maximum atomic E-state index is 16.5. The Hall–Kier alpha value is -8.65. The van der Waals surface area contributed by atoms with Crippen LogP contribution >= 0.6 is 0 Å². The first-order valence-corrected chi connectivity index (χ1v) is 29.5. The maximum absolute atomic E-state index is 16.5. The zero-order valence-electron chi connectivity index (χ0n) is 48.3. The lowest BCUT2D eigenvalue weighted by atomic mass is 10.0. The van der Waals surface area contributed by atoms with E-state index in [4.69, 9.17) is 30.2 Å². The zero-order chi connectivity index (χ0) is 58.8. The second kappa shape index (κ2) is 26.9. The van der Waals surface area contributed by atoms with Gasteiger partial charge in [-0.3, -0.25) is 19.5 Å². The van der Waals surface area contributed by atoms with Gasteiger partial charge in [-0.1, -0.05) is 12.1 Å². The average Bonchev–Trinajstić information content (AvgIpc) is 2.99. The number of fused-ring (bicyclic) bond motifs is 2. The summed E-state index contributed by atoms with van der Waals surface area (Å²) in [7, 11) is 3.95. The molecule has 0 radical (unpaired) electrons. The number of halogens is 2. The lowest BCUT2D eigenvalue weighted by Gasteiger charge is -2.41. The van der Waals surface area contributed by atoms with Crippen molar-refractivity contribution in [1.82, 2.24) is 63.7 Å². The fraction of sp³-hybridized carbons (Fsp3) is 0.483. The standard InChI is InChI=1S/C33H38FN11O.C27H34FN9O2/c34-30-32(38-24-6-5-14-44(23-24)29(46)8-10-35)39-31(27-21-37-45-15-2-1-7-28(27)45)40-33(30)43-18-16-41(17-19-43)22-25-20-26(9-11-36-25)42-12-3-4-13-42;1-33(2)12-13-36(20-6-5-10-35(19-20)23(38)8-9-29)27-24(28)26(34-14-16-39-17-15-34)31-25(32-27)21-18-30-37-11-4-3-7-22(21)37/h1-2,7,9,11,15,20-21,24H,3-6,8,12-14,16-19,22-23H2,(H,38,39,40);3-4,7,11,18,20H,5-6,8,10,12-17,19H2,1-2H3/t24-;20-/m11/s1. The van der Waals surface area contributed by atoms with Crippen molar-refractivity contribution >= 4 is 51.8 Å². The minimum atomic E-state index is -0.505. The number of anilines is 5. The van der Waals surface area contributed by atoms with Gasteiger partial charge in [-0.15, -0.1) is 0 Å². The van der Waals surface area contributed by atoms with Crippen LogP contribution in [0.3, 0.4) is 0 Å². The SMILES string of the molecule is CN(C)CCN(c1nc(-c2cnn3ccccc23)nc(N2CCOCC2)c1F)[C@@H]1CCCN(C(=O)CC#N)C1.N#CCC(=O)N1CCC[C@@H](Nc2nc(-c3cnn4ccccc34)nc(N3CCN(Cc4cc(N5CCCC5)ccn4)CC3)c2F)C1. The van der Waals surface area contributed by atoms with Gasteiger partial charge in [-0.05, 0) is 89.0 Å². The Balaban J connectivity index is 0.000000180. The molecule has 1 N–H and O–H groups in total. The molecule has 85 heavy (non-hydrogen) atoms. The second-order valence-corrected chi connectivity index (χ2v) is 22.4. The van der Waals surface area contributed by atoms with Crippen LogP contribution in [-0.4, -0.2) is 207 Å². The Labute approximate surface area is 493 Å². The van der Waals surface area contributed by atoms with Crippen molar-refractivity contribution in [2.24, 2.45) is 0 Å². The average molecular weight is 1160 g/mol. The molecule has 2 amide bonds. The van der Waals surface area contributed by atoms with Crippen molar-refractivity contribution in [3.63, 3.8) is 0 Å². The van der Waals surface area contributed by atoms with Crippen molar-refractivity contribution in [2.75, 3.05) is 144 Å². The zero-order valence-corrected chi connectivity index (χ0v) is 48.3. The number of hydrogen-bond donors (Lipinski definition) is 1. The van der Waals surface area contributed by atoms with Gasteiger partial charge >= 0.3 is 0 Å². The van der Waals surface area contributed by atoms with Crippen LogP contribution in [0.25, 0.3) is 33.8 Å². The van der Waals surface area contributed by atoms with E-state index in [9.17, 15) is 9.59 Å². The molecule has 5 saturated heterocycles. The Morgan fingerprint density at radius 2 is 1.29 bits per heavy atom. The number of rotatable bonds is 16. The number of nitrogens with one attached hydrogen (secondary N) is 1. The molecule has 0 spiro atoms. The predicted octanol–water partition coefficient (Wildman–Crippen LogP) is 5.60. The van der Waals surface area contributed by atoms with E-state index in [-0.39, 0.29) is 60.0 Å². The lowest BCUT2D eigenvalue weighted by molar-refractivity contribution is -0.132. The Morgan fingerprint density at radius 3 is 1.94 bits per heavy atom. The molecule has 5 aliphatic heterocycles. The highest BCUT2D eigenvalue weighted by Crippen LogP contribution is 2.35. The third-order valence-corrected chi connectivity index (χ3v) is 16.4. The second-order valence-electron chi connectivity index (χ2n) is 22.4. The summed E-state index contributed by atoms with van der Waals surface area (Å²) in [6, 6.07) is 19.3. The van der Waals surface area contributed by atoms with Crippen LogP contribution in [0.1, 0.15) is 57.1 Å². The summed E-state index contributed by atoms with van der Waals surface area (Å²) in [4.78, 5) is 64.8. The van der Waals surface area contributed by atoms with E-state index < -0.39 is 11.6 Å². The highest BCUT2D eigenvalue weighted by atomic mass is 19.1. The summed E-state index contributed by atoms with van der Waals surface area (Å²) in [5, 5.41) is 30.3. The number of nitriles is 2. The largest absolute Gasteiger partial charge is 0.378 e. The lowest BCUT2D eigenvalue weighted by Crippen LogP contribution is -2.52. The van der Waals surface area contributed by atoms with Gasteiger partial charge in [0.05, 0.1) is 65.6 Å². The summed E-state index contributed by atoms with van der Waals surface area (Å²) in [5.41, 5.74) is 5.36. The van der Waals surface area contributed by atoms with Gasteiger partial charge in [0.1, 0.15) is 12.8 Å². The molecule has 5 aliphatic rings. The predicted molar refractivity (Wildman–Crippen MR) is 318 cm³/mol. The summed E-state index contributed by atoms with van der Waals surface area (Å²) in [6.45, 7) is 10.8. The summed E-state index contributed by atoms with van der Waals surface area (Å²) < 4.78 is 41.9. The molecule has 0 unspecified atom stereocenters. The van der Waals surface area contributed by atoms with E-state index in [2.05, 4.69) is 47.4 Å². The van der Waals surface area contributed by atoms with Gasteiger partial charge in [0.2, 0.25) is 23.4 Å². The number of nitrogens with zero attached hydrogens (tertiary/aromatic N) is 19. The minimum Gasteiger partial charge on any atom is -0.378 e. The van der Waals surface area contributed by atoms with Crippen molar-refractivity contribution in [3.8, 4) is 34.9 Å². The van der Waals surface area contributed by atoms with E-state index in [0.717, 1.165) is 75.1 Å². The first kappa shape index (κ1) is 58.1. The number of carbonyl (C=O) groups excluding carboxylic acids is 2. The van der Waals surface area contributed by atoms with E-state index >= 15 is 8.78 Å². The molecule has 2 atom stereocenters. The summed E-state index contributed by atoms with van der Waals surface area (Å²) in [6.07, 6.45) is 14.2. The van der Waals surface area contributed by atoms with Gasteiger partial charge < -0.3 is 44.4 Å². The van der Waals surface area contributed by atoms with Crippen LogP contribution in [-0.2, 0) is 20.9 Å². The van der Waals surface area contributed by atoms with Crippen LogP contribution in [0.15, 0.2) is 79.5 Å². The topological polar surface area (TPSA) is 228 Å². The number of pyridine rings is 3. The number of likely N-dealkylation sites (tertiary alicyclic amines) is 2. The van der Waals surface area contributed by atoms with Crippen molar-refractivity contribution in [1.29, 1.82) is 10.5 Å². The third kappa shape index (κ3) is 13.5. The first-order valence-electron chi connectivity index (χ1n) is 29.5. The molecule has 12 heterocycles. The maximum Gasteiger partial charge on any atom is 0.236 e. The number of piperidine rings is 2. The van der Waals surface area contributed by atoms with E-state index in [1.807, 2.05) is 101 Å². The van der Waals surface area contributed by atoms with E-state index in [1.54, 1.807) is 31.2 Å². The number of likely N-dealkylation sites (N-methyl/N-ethyl adjacent to an activating group) is 1. The number of aromatic nitrogens is 9. The minimum absolute atomic E-state index is 0.111. The van der Waals surface area contributed by atoms with E-state index in [1.165, 1.54) is 18.5 Å². The number of piperazine rings is 1. The van der Waals surface area contributed by atoms with Gasteiger partial charge in [-0.2, -0.15) is 29.5 Å². The van der Waals surface area contributed by atoms with Crippen LogP contribution in [0.4, 0.5) is 37.7 Å². The molecule has 23 nitrogen and oxygen atoms in total. The van der Waals surface area contributed by atoms with Crippen molar-refractivity contribution < 1.29 is 23.1 Å². The Morgan fingerprint density at radius 1 is 0.682 bits per heavy atom. The molecule has 0 saturated carbocycles. The molecule has 0 aliphatic carbocycles. The van der Waals surface area contributed by atoms with Crippen LogP contribution in [0.2, 0.25) is 0 Å². The van der Waals surface area contributed by atoms with Gasteiger partial charge in [-0.25, -0.2) is 29.0 Å². The molecule has 444 valence electrons. The summed E-state index contributed by atoms with van der Waals surface area (Å²) >= 11 is 0. The Bertz CT molecular complexity index is 3550. The molecule has 25 heteroatoms. The highest BCUT2D eigenvalue weighted by Gasteiger charge is 2.34. The number of amides is 2. The van der Waals surface area contributed by atoms with Crippen LogP contribution in [0, 0.1) is 34.3 Å². The monoisotopic (exact) mass is 1160 g/mol. The Kier molecular flexibility index (Phi) is 18.4. The fourth-order valence-electron chi connectivity index (χ4n) is 11.9. The highest BCUT2D eigenvalue weighted by molar-refractivity contribution is 5.80.